The summed E-state index contributed by atoms with van der Waals surface area (Å²) in [6.07, 6.45) is 6.64. The first-order valence-corrected chi connectivity index (χ1v) is 5.02. The molecule has 0 aliphatic carbocycles. The molecule has 3 rings (SSSR count). The van der Waals surface area contributed by atoms with Crippen molar-refractivity contribution in [3.8, 4) is 11.1 Å². The van der Waals surface area contributed by atoms with Crippen molar-refractivity contribution < 1.29 is 4.79 Å². The molecule has 0 radical (unpaired) electrons. The molecule has 0 bridgehead atoms. The number of rotatable bonds is 2. The van der Waals surface area contributed by atoms with Gasteiger partial charge in [-0.15, -0.1) is 0 Å². The molecule has 6 nitrogen and oxygen atoms in total. The molecule has 3 aromatic rings. The summed E-state index contributed by atoms with van der Waals surface area (Å²) < 4.78 is 1.69. The van der Waals surface area contributed by atoms with Crippen molar-refractivity contribution in [3.63, 3.8) is 0 Å². The zero-order valence-corrected chi connectivity index (χ0v) is 8.79. The van der Waals surface area contributed by atoms with Gasteiger partial charge in [0.15, 0.2) is 0 Å². The number of nitrogens with zero attached hydrogens (tertiary/aromatic N) is 3. The van der Waals surface area contributed by atoms with Crippen molar-refractivity contribution in [3.05, 3.63) is 42.5 Å². The van der Waals surface area contributed by atoms with E-state index in [1.54, 1.807) is 16.9 Å². The molecule has 3 heterocycles. The summed E-state index contributed by atoms with van der Waals surface area (Å²) in [4.78, 5) is 11.4. The van der Waals surface area contributed by atoms with Gasteiger partial charge in [-0.1, -0.05) is 0 Å². The number of H-pyrrole nitrogens is 1. The molecule has 1 amide bonds. The molecule has 0 unspecified atom stereocenters. The van der Waals surface area contributed by atoms with Gasteiger partial charge in [-0.3, -0.25) is 9.89 Å². The Hall–Kier alpha value is -2.63. The van der Waals surface area contributed by atoms with E-state index in [1.165, 1.54) is 6.20 Å². The summed E-state index contributed by atoms with van der Waals surface area (Å²) in [5.74, 6) is -0.502. The normalized spacial score (nSPS) is 10.8. The summed E-state index contributed by atoms with van der Waals surface area (Å²) >= 11 is 0. The van der Waals surface area contributed by atoms with E-state index in [1.807, 2.05) is 18.3 Å². The van der Waals surface area contributed by atoms with Gasteiger partial charge in [-0.25, -0.2) is 4.52 Å². The molecule has 0 saturated carbocycles. The van der Waals surface area contributed by atoms with Crippen molar-refractivity contribution in [2.75, 3.05) is 0 Å². The van der Waals surface area contributed by atoms with Gasteiger partial charge in [0.1, 0.15) is 0 Å². The van der Waals surface area contributed by atoms with Gasteiger partial charge in [0.05, 0.1) is 23.5 Å². The van der Waals surface area contributed by atoms with Crippen molar-refractivity contribution >= 4 is 11.4 Å². The summed E-state index contributed by atoms with van der Waals surface area (Å²) in [6.45, 7) is 0. The van der Waals surface area contributed by atoms with E-state index in [2.05, 4.69) is 15.3 Å². The Morgan fingerprint density at radius 1 is 1.41 bits per heavy atom. The minimum Gasteiger partial charge on any atom is -0.366 e. The number of hydrogen-bond donors (Lipinski definition) is 2. The van der Waals surface area contributed by atoms with Crippen LogP contribution in [0.2, 0.25) is 0 Å². The van der Waals surface area contributed by atoms with Crippen LogP contribution in [-0.2, 0) is 0 Å². The highest BCUT2D eigenvalue weighted by molar-refractivity contribution is 6.03. The summed E-state index contributed by atoms with van der Waals surface area (Å²) in [5, 5.41) is 10.7. The van der Waals surface area contributed by atoms with Crippen molar-refractivity contribution in [1.82, 2.24) is 19.8 Å². The summed E-state index contributed by atoms with van der Waals surface area (Å²) in [7, 11) is 0. The summed E-state index contributed by atoms with van der Waals surface area (Å²) in [6, 6.07) is 3.73. The molecule has 84 valence electrons. The fraction of sp³-hybridized carbons (Fsp3) is 0. The van der Waals surface area contributed by atoms with Crippen LogP contribution in [-0.4, -0.2) is 25.7 Å². The molecule has 0 aliphatic rings. The van der Waals surface area contributed by atoms with Crippen LogP contribution in [0.3, 0.4) is 0 Å². The molecule has 0 fully saturated rings. The Bertz CT molecular complexity index is 683. The molecule has 0 atom stereocenters. The van der Waals surface area contributed by atoms with Gasteiger partial charge in [0.2, 0.25) is 0 Å². The molecule has 0 aliphatic heterocycles. The highest BCUT2D eigenvalue weighted by Gasteiger charge is 2.15. The number of carbonyl (C=O) groups is 1. The number of aromatic amines is 1. The zero-order chi connectivity index (χ0) is 11.8. The Balaban J connectivity index is 2.42. The van der Waals surface area contributed by atoms with Crippen LogP contribution >= 0.6 is 0 Å². The first-order valence-electron chi connectivity index (χ1n) is 5.02. The fourth-order valence-corrected chi connectivity index (χ4v) is 1.87. The lowest BCUT2D eigenvalue weighted by Crippen LogP contribution is -2.14. The molecule has 17 heavy (non-hydrogen) atoms. The number of nitrogens with two attached hydrogens (primary N) is 1. The number of primary amides is 1. The topological polar surface area (TPSA) is 89.1 Å². The number of nitrogens with one attached hydrogen (secondary N) is 1. The molecule has 3 aromatic heterocycles. The van der Waals surface area contributed by atoms with Gasteiger partial charge in [-0.2, -0.15) is 10.2 Å². The molecule has 0 saturated heterocycles. The standard InChI is InChI=1S/C11H9N5O/c12-11(17)8-6-15-16-3-1-2-9(16)10(8)7-4-13-14-5-7/h1-6H,(H2,12,17)(H,13,14). The van der Waals surface area contributed by atoms with Crippen LogP contribution in [0.15, 0.2) is 36.9 Å². The third-order valence-electron chi connectivity index (χ3n) is 2.62. The monoisotopic (exact) mass is 227 g/mol. The number of fused-ring (bicyclic) bond motifs is 1. The average Bonchev–Trinajstić information content (AvgIpc) is 2.98. The van der Waals surface area contributed by atoms with Gasteiger partial charge in [0, 0.05) is 23.5 Å². The Morgan fingerprint density at radius 2 is 2.29 bits per heavy atom. The second-order valence-electron chi connectivity index (χ2n) is 3.62. The predicted octanol–water partition coefficient (Wildman–Crippen LogP) is 0.823. The Morgan fingerprint density at radius 3 is 3.00 bits per heavy atom. The van der Waals surface area contributed by atoms with Gasteiger partial charge in [-0.05, 0) is 12.1 Å². The van der Waals surface area contributed by atoms with Crippen molar-refractivity contribution in [2.24, 2.45) is 5.73 Å². The lowest BCUT2D eigenvalue weighted by Gasteiger charge is -2.06. The molecule has 0 aromatic carbocycles. The molecular weight excluding hydrogens is 218 g/mol. The molecule has 3 N–H and O–H groups in total. The van der Waals surface area contributed by atoms with Crippen LogP contribution in [0.1, 0.15) is 10.4 Å². The molecule has 0 spiro atoms. The van der Waals surface area contributed by atoms with Crippen LogP contribution in [0, 0.1) is 0 Å². The highest BCUT2D eigenvalue weighted by atomic mass is 16.1. The third kappa shape index (κ3) is 1.38. The van der Waals surface area contributed by atoms with E-state index in [0.29, 0.717) is 5.56 Å². The van der Waals surface area contributed by atoms with Gasteiger partial charge >= 0.3 is 0 Å². The first kappa shape index (κ1) is 9.59. The second kappa shape index (κ2) is 3.44. The van der Waals surface area contributed by atoms with Crippen LogP contribution < -0.4 is 5.73 Å². The second-order valence-corrected chi connectivity index (χ2v) is 3.62. The van der Waals surface area contributed by atoms with Crippen molar-refractivity contribution in [2.45, 2.75) is 0 Å². The maximum atomic E-state index is 11.4. The predicted molar refractivity (Wildman–Crippen MR) is 61.3 cm³/mol. The van der Waals surface area contributed by atoms with E-state index in [0.717, 1.165) is 16.6 Å². The lowest BCUT2D eigenvalue weighted by atomic mass is 10.0. The third-order valence-corrected chi connectivity index (χ3v) is 2.62. The summed E-state index contributed by atoms with van der Waals surface area (Å²) in [5.41, 5.74) is 8.12. The number of carbonyl (C=O) groups excluding carboxylic acids is 1. The highest BCUT2D eigenvalue weighted by Crippen LogP contribution is 2.27. The maximum Gasteiger partial charge on any atom is 0.251 e. The van der Waals surface area contributed by atoms with Crippen LogP contribution in [0.25, 0.3) is 16.6 Å². The fourth-order valence-electron chi connectivity index (χ4n) is 1.87. The van der Waals surface area contributed by atoms with E-state index < -0.39 is 5.91 Å². The Kier molecular flexibility index (Phi) is 1.94. The largest absolute Gasteiger partial charge is 0.366 e. The van der Waals surface area contributed by atoms with Crippen molar-refractivity contribution in [1.29, 1.82) is 0 Å². The van der Waals surface area contributed by atoms with Gasteiger partial charge < -0.3 is 5.73 Å². The van der Waals surface area contributed by atoms with E-state index in [4.69, 9.17) is 5.73 Å². The molecule has 6 heteroatoms. The van der Waals surface area contributed by atoms with E-state index in [9.17, 15) is 4.79 Å². The number of hydrogen-bond acceptors (Lipinski definition) is 3. The quantitative estimate of drug-likeness (QED) is 0.679. The Labute approximate surface area is 96.1 Å². The van der Waals surface area contributed by atoms with Gasteiger partial charge in [0.25, 0.3) is 5.91 Å². The number of amides is 1. The minimum absolute atomic E-state index is 0.387. The minimum atomic E-state index is -0.502. The lowest BCUT2D eigenvalue weighted by molar-refractivity contribution is 0.100. The van der Waals surface area contributed by atoms with Crippen LogP contribution in [0.4, 0.5) is 0 Å². The van der Waals surface area contributed by atoms with E-state index >= 15 is 0 Å². The SMILES string of the molecule is NC(=O)c1cnn2cccc2c1-c1cn[nH]c1. The maximum absolute atomic E-state index is 11.4. The first-order chi connectivity index (χ1) is 8.27. The number of aromatic nitrogens is 4. The molecular formula is C11H9N5O. The zero-order valence-electron chi connectivity index (χ0n) is 8.79. The average molecular weight is 227 g/mol. The van der Waals surface area contributed by atoms with Crippen LogP contribution in [0.5, 0.6) is 0 Å². The van der Waals surface area contributed by atoms with E-state index in [-0.39, 0.29) is 0 Å². The smallest absolute Gasteiger partial charge is 0.251 e.